The summed E-state index contributed by atoms with van der Waals surface area (Å²) >= 11 is 0. The van der Waals surface area contributed by atoms with E-state index in [1.807, 2.05) is 13.0 Å². The minimum atomic E-state index is 0.544. The standard InChI is InChI=1S/C7H12N4/c1-5-2-3-10-7(8)6(5)4-11-9/h2-3,11H,4,9H2,1H3,(H2,8,10). The van der Waals surface area contributed by atoms with E-state index in [1.54, 1.807) is 6.20 Å². The van der Waals surface area contributed by atoms with E-state index in [2.05, 4.69) is 10.4 Å². The topological polar surface area (TPSA) is 77.0 Å². The molecule has 0 saturated carbocycles. The molecule has 0 amide bonds. The minimum absolute atomic E-state index is 0.544. The van der Waals surface area contributed by atoms with Gasteiger partial charge in [-0.1, -0.05) is 0 Å². The van der Waals surface area contributed by atoms with E-state index in [0.29, 0.717) is 12.4 Å². The third-order valence-electron chi connectivity index (χ3n) is 1.60. The molecule has 0 aliphatic carbocycles. The van der Waals surface area contributed by atoms with Gasteiger partial charge in [0, 0.05) is 18.3 Å². The molecule has 0 unspecified atom stereocenters. The van der Waals surface area contributed by atoms with Crippen molar-refractivity contribution in [2.24, 2.45) is 5.84 Å². The van der Waals surface area contributed by atoms with Crippen molar-refractivity contribution < 1.29 is 0 Å². The molecule has 0 atom stereocenters. The number of nitrogens with zero attached hydrogens (tertiary/aromatic N) is 1. The Morgan fingerprint density at radius 3 is 2.91 bits per heavy atom. The van der Waals surface area contributed by atoms with Crippen LogP contribution in [0.3, 0.4) is 0 Å². The van der Waals surface area contributed by atoms with Crippen molar-refractivity contribution in [3.63, 3.8) is 0 Å². The molecule has 1 rings (SSSR count). The summed E-state index contributed by atoms with van der Waals surface area (Å²) in [5, 5.41) is 0. The number of nitrogens with one attached hydrogen (secondary N) is 1. The van der Waals surface area contributed by atoms with Crippen LogP contribution in [0.5, 0.6) is 0 Å². The van der Waals surface area contributed by atoms with Gasteiger partial charge in [0.05, 0.1) is 0 Å². The van der Waals surface area contributed by atoms with Crippen LogP contribution >= 0.6 is 0 Å². The van der Waals surface area contributed by atoms with Gasteiger partial charge in [-0.15, -0.1) is 0 Å². The van der Waals surface area contributed by atoms with E-state index in [9.17, 15) is 0 Å². The Bertz CT molecular complexity index is 226. The van der Waals surface area contributed by atoms with E-state index < -0.39 is 0 Å². The van der Waals surface area contributed by atoms with Gasteiger partial charge in [0.15, 0.2) is 0 Å². The van der Waals surface area contributed by atoms with Gasteiger partial charge in [-0.25, -0.2) is 4.98 Å². The third kappa shape index (κ3) is 1.66. The Morgan fingerprint density at radius 1 is 1.64 bits per heavy atom. The first-order chi connectivity index (χ1) is 5.25. The molecule has 1 aromatic rings. The van der Waals surface area contributed by atoms with Crippen LogP contribution in [0.25, 0.3) is 0 Å². The highest BCUT2D eigenvalue weighted by Crippen LogP contribution is 2.11. The monoisotopic (exact) mass is 152 g/mol. The molecule has 1 aromatic heterocycles. The van der Waals surface area contributed by atoms with Crippen LogP contribution < -0.4 is 17.0 Å². The Balaban J connectivity index is 3.00. The van der Waals surface area contributed by atoms with Gasteiger partial charge in [0.1, 0.15) is 5.82 Å². The summed E-state index contributed by atoms with van der Waals surface area (Å²) in [5.41, 5.74) is 10.2. The number of anilines is 1. The van der Waals surface area contributed by atoms with E-state index in [0.717, 1.165) is 11.1 Å². The lowest BCUT2D eigenvalue weighted by Gasteiger charge is -2.06. The fourth-order valence-electron chi connectivity index (χ4n) is 0.942. The number of rotatable bonds is 2. The number of nitrogen functional groups attached to an aromatic ring is 1. The highest BCUT2D eigenvalue weighted by Gasteiger charge is 2.01. The number of pyridine rings is 1. The molecular formula is C7H12N4. The number of hydrogen-bond acceptors (Lipinski definition) is 4. The molecule has 4 nitrogen and oxygen atoms in total. The van der Waals surface area contributed by atoms with Crippen LogP contribution in [-0.2, 0) is 6.54 Å². The molecule has 0 radical (unpaired) electrons. The van der Waals surface area contributed by atoms with Crippen molar-refractivity contribution in [3.8, 4) is 0 Å². The highest BCUT2D eigenvalue weighted by molar-refractivity contribution is 5.43. The maximum absolute atomic E-state index is 5.60. The van der Waals surface area contributed by atoms with Gasteiger partial charge in [0.25, 0.3) is 0 Å². The van der Waals surface area contributed by atoms with Crippen LogP contribution in [0.2, 0.25) is 0 Å². The lowest BCUT2D eigenvalue weighted by atomic mass is 10.1. The SMILES string of the molecule is Cc1ccnc(N)c1CNN. The zero-order valence-corrected chi connectivity index (χ0v) is 6.46. The smallest absolute Gasteiger partial charge is 0.128 e. The van der Waals surface area contributed by atoms with Gasteiger partial charge in [-0.3, -0.25) is 11.3 Å². The van der Waals surface area contributed by atoms with E-state index in [1.165, 1.54) is 0 Å². The first-order valence-corrected chi connectivity index (χ1v) is 3.39. The molecule has 5 N–H and O–H groups in total. The van der Waals surface area contributed by atoms with Gasteiger partial charge in [-0.05, 0) is 18.6 Å². The second-order valence-electron chi connectivity index (χ2n) is 2.37. The lowest BCUT2D eigenvalue weighted by molar-refractivity contribution is 0.737. The Labute approximate surface area is 65.6 Å². The van der Waals surface area contributed by atoms with Gasteiger partial charge in [-0.2, -0.15) is 0 Å². The predicted molar refractivity (Wildman–Crippen MR) is 44.4 cm³/mol. The Morgan fingerprint density at radius 2 is 2.36 bits per heavy atom. The average Bonchev–Trinajstić information content (AvgIpc) is 1.97. The number of hydrogen-bond donors (Lipinski definition) is 3. The van der Waals surface area contributed by atoms with Crippen LogP contribution in [0.4, 0.5) is 5.82 Å². The van der Waals surface area contributed by atoms with Crippen molar-refractivity contribution in [2.75, 3.05) is 5.73 Å². The summed E-state index contributed by atoms with van der Waals surface area (Å²) in [7, 11) is 0. The molecular weight excluding hydrogens is 140 g/mol. The fourth-order valence-corrected chi connectivity index (χ4v) is 0.942. The van der Waals surface area contributed by atoms with E-state index >= 15 is 0 Å². The highest BCUT2D eigenvalue weighted by atomic mass is 15.2. The molecule has 0 aromatic carbocycles. The molecule has 0 spiro atoms. The van der Waals surface area contributed by atoms with E-state index in [4.69, 9.17) is 11.6 Å². The molecule has 0 saturated heterocycles. The van der Waals surface area contributed by atoms with Crippen molar-refractivity contribution in [3.05, 3.63) is 23.4 Å². The summed E-state index contributed by atoms with van der Waals surface area (Å²) in [6.07, 6.45) is 1.69. The summed E-state index contributed by atoms with van der Waals surface area (Å²) in [4.78, 5) is 3.94. The summed E-state index contributed by atoms with van der Waals surface area (Å²) in [6, 6.07) is 1.91. The van der Waals surface area contributed by atoms with Crippen molar-refractivity contribution >= 4 is 5.82 Å². The summed E-state index contributed by atoms with van der Waals surface area (Å²) in [5.74, 6) is 5.71. The molecule has 4 heteroatoms. The minimum Gasteiger partial charge on any atom is -0.383 e. The molecule has 1 heterocycles. The second kappa shape index (κ2) is 3.32. The fraction of sp³-hybridized carbons (Fsp3) is 0.286. The van der Waals surface area contributed by atoms with Crippen LogP contribution in [0, 0.1) is 6.92 Å². The number of nitrogens with two attached hydrogens (primary N) is 2. The molecule has 11 heavy (non-hydrogen) atoms. The summed E-state index contributed by atoms with van der Waals surface area (Å²) < 4.78 is 0. The summed E-state index contributed by atoms with van der Waals surface area (Å²) in [6.45, 7) is 2.54. The normalized spacial score (nSPS) is 10.0. The van der Waals surface area contributed by atoms with Crippen LogP contribution in [-0.4, -0.2) is 4.98 Å². The van der Waals surface area contributed by atoms with Gasteiger partial charge in [0.2, 0.25) is 0 Å². The second-order valence-corrected chi connectivity index (χ2v) is 2.37. The lowest BCUT2D eigenvalue weighted by Crippen LogP contribution is -2.22. The largest absolute Gasteiger partial charge is 0.383 e. The van der Waals surface area contributed by atoms with Gasteiger partial charge < -0.3 is 5.73 Å². The third-order valence-corrected chi connectivity index (χ3v) is 1.60. The van der Waals surface area contributed by atoms with Crippen molar-refractivity contribution in [2.45, 2.75) is 13.5 Å². The maximum atomic E-state index is 5.60. The first-order valence-electron chi connectivity index (χ1n) is 3.39. The maximum Gasteiger partial charge on any atom is 0.128 e. The Kier molecular flexibility index (Phi) is 2.40. The zero-order chi connectivity index (χ0) is 8.27. The van der Waals surface area contributed by atoms with E-state index in [-0.39, 0.29) is 0 Å². The zero-order valence-electron chi connectivity index (χ0n) is 6.46. The van der Waals surface area contributed by atoms with Crippen molar-refractivity contribution in [1.82, 2.24) is 10.4 Å². The van der Waals surface area contributed by atoms with Crippen LogP contribution in [0.1, 0.15) is 11.1 Å². The number of aryl methyl sites for hydroxylation is 1. The van der Waals surface area contributed by atoms with Crippen LogP contribution in [0.15, 0.2) is 12.3 Å². The number of aromatic nitrogens is 1. The predicted octanol–water partition coefficient (Wildman–Crippen LogP) is -0.0645. The van der Waals surface area contributed by atoms with Crippen molar-refractivity contribution in [1.29, 1.82) is 0 Å². The molecule has 0 aliphatic heterocycles. The quantitative estimate of drug-likeness (QED) is 0.409. The molecule has 0 aliphatic rings. The average molecular weight is 152 g/mol. The molecule has 0 bridgehead atoms. The Hall–Kier alpha value is -1.13. The molecule has 0 fully saturated rings. The number of hydrazine groups is 1. The van der Waals surface area contributed by atoms with Gasteiger partial charge >= 0.3 is 0 Å². The molecule has 60 valence electrons. The first kappa shape index (κ1) is 7.97.